The fraction of sp³-hybridized carbons (Fsp3) is 0.111. The van der Waals surface area contributed by atoms with Crippen LogP contribution in [0.2, 0.25) is 0 Å². The molecule has 0 amide bonds. The lowest BCUT2D eigenvalue weighted by Gasteiger charge is -2.05. The molecule has 1 rings (SSSR count). The highest BCUT2D eigenvalue weighted by Gasteiger charge is 2.17. The standard InChI is InChI=1S/C9H5Br2NO2/c10-3-5-1-2-7(11)6(4-12)8(5)9(13)14/h1-2H,3H2,(H,13,14). The first kappa shape index (κ1) is 11.2. The molecule has 0 fully saturated rings. The molecule has 72 valence electrons. The number of alkyl halides is 1. The molecule has 1 aromatic rings. The third-order valence-corrected chi connectivity index (χ3v) is 2.98. The van der Waals surface area contributed by atoms with Crippen LogP contribution >= 0.6 is 31.9 Å². The average molecular weight is 319 g/mol. The molecule has 0 aliphatic heterocycles. The van der Waals surface area contributed by atoms with Crippen LogP contribution in [-0.4, -0.2) is 11.1 Å². The molecule has 1 aromatic carbocycles. The largest absolute Gasteiger partial charge is 0.478 e. The molecule has 0 saturated heterocycles. The highest BCUT2D eigenvalue weighted by Crippen LogP contribution is 2.24. The summed E-state index contributed by atoms with van der Waals surface area (Å²) in [6.07, 6.45) is 0. The summed E-state index contributed by atoms with van der Waals surface area (Å²) in [5, 5.41) is 18.2. The maximum atomic E-state index is 10.9. The van der Waals surface area contributed by atoms with Crippen LogP contribution in [0.4, 0.5) is 0 Å². The minimum Gasteiger partial charge on any atom is -0.478 e. The van der Waals surface area contributed by atoms with Crippen LogP contribution in [0.5, 0.6) is 0 Å². The van der Waals surface area contributed by atoms with Gasteiger partial charge in [0, 0.05) is 9.80 Å². The van der Waals surface area contributed by atoms with Crippen LogP contribution < -0.4 is 0 Å². The van der Waals surface area contributed by atoms with Crippen LogP contribution in [0.25, 0.3) is 0 Å². The highest BCUT2D eigenvalue weighted by atomic mass is 79.9. The van der Waals surface area contributed by atoms with Crippen LogP contribution in [-0.2, 0) is 5.33 Å². The molecule has 5 heteroatoms. The van der Waals surface area contributed by atoms with E-state index in [1.165, 1.54) is 0 Å². The first-order chi connectivity index (χ1) is 6.61. The van der Waals surface area contributed by atoms with Gasteiger partial charge in [0.05, 0.1) is 11.1 Å². The minimum absolute atomic E-state index is 0.0544. The van der Waals surface area contributed by atoms with Crippen molar-refractivity contribution >= 4 is 37.8 Å². The van der Waals surface area contributed by atoms with Crippen molar-refractivity contribution in [3.8, 4) is 6.07 Å². The monoisotopic (exact) mass is 317 g/mol. The molecule has 0 heterocycles. The van der Waals surface area contributed by atoms with E-state index in [2.05, 4.69) is 31.9 Å². The van der Waals surface area contributed by atoms with E-state index in [0.717, 1.165) is 0 Å². The maximum Gasteiger partial charge on any atom is 0.337 e. The van der Waals surface area contributed by atoms with Gasteiger partial charge in [0.1, 0.15) is 6.07 Å². The van der Waals surface area contributed by atoms with Crippen molar-refractivity contribution in [2.75, 3.05) is 0 Å². The molecular weight excluding hydrogens is 314 g/mol. The van der Waals surface area contributed by atoms with Gasteiger partial charge in [-0.2, -0.15) is 5.26 Å². The maximum absolute atomic E-state index is 10.9. The highest BCUT2D eigenvalue weighted by molar-refractivity contribution is 9.10. The van der Waals surface area contributed by atoms with Gasteiger partial charge < -0.3 is 5.11 Å². The van der Waals surface area contributed by atoms with Gasteiger partial charge in [-0.25, -0.2) is 4.79 Å². The number of hydrogen-bond donors (Lipinski definition) is 1. The van der Waals surface area contributed by atoms with Crippen LogP contribution in [0.15, 0.2) is 16.6 Å². The Balaban J connectivity index is 3.54. The predicted octanol–water partition coefficient (Wildman–Crippen LogP) is 2.91. The van der Waals surface area contributed by atoms with Gasteiger partial charge in [-0.05, 0) is 27.6 Å². The zero-order valence-electron chi connectivity index (χ0n) is 6.92. The lowest BCUT2D eigenvalue weighted by atomic mass is 10.0. The molecule has 0 spiro atoms. The first-order valence-corrected chi connectivity index (χ1v) is 5.54. The number of benzene rings is 1. The van der Waals surface area contributed by atoms with E-state index in [0.29, 0.717) is 15.4 Å². The number of nitrogens with zero attached hydrogens (tertiary/aromatic N) is 1. The quantitative estimate of drug-likeness (QED) is 0.853. The van der Waals surface area contributed by atoms with Gasteiger partial charge in [0.25, 0.3) is 0 Å². The van der Waals surface area contributed by atoms with Gasteiger partial charge in [0.15, 0.2) is 0 Å². The summed E-state index contributed by atoms with van der Waals surface area (Å²) in [7, 11) is 0. The number of hydrogen-bond acceptors (Lipinski definition) is 2. The van der Waals surface area contributed by atoms with Gasteiger partial charge in [-0.1, -0.05) is 22.0 Å². The SMILES string of the molecule is N#Cc1c(Br)ccc(CBr)c1C(=O)O. The fourth-order valence-electron chi connectivity index (χ4n) is 1.09. The number of carboxylic acids is 1. The predicted molar refractivity (Wildman–Crippen MR) is 58.4 cm³/mol. The van der Waals surface area contributed by atoms with Crippen LogP contribution in [0.3, 0.4) is 0 Å². The first-order valence-electron chi connectivity index (χ1n) is 3.62. The molecule has 14 heavy (non-hydrogen) atoms. The number of rotatable bonds is 2. The molecule has 0 atom stereocenters. The molecule has 0 aliphatic carbocycles. The Morgan fingerprint density at radius 3 is 2.64 bits per heavy atom. The Hall–Kier alpha value is -0.860. The number of nitriles is 1. The van der Waals surface area contributed by atoms with Gasteiger partial charge in [-0.3, -0.25) is 0 Å². The molecule has 3 nitrogen and oxygen atoms in total. The topological polar surface area (TPSA) is 61.1 Å². The molecule has 0 saturated carbocycles. The second-order valence-corrected chi connectivity index (χ2v) is 3.92. The molecule has 0 aliphatic rings. The summed E-state index contributed by atoms with van der Waals surface area (Å²) < 4.78 is 0.502. The third-order valence-electron chi connectivity index (χ3n) is 1.71. The summed E-state index contributed by atoms with van der Waals surface area (Å²) in [6.45, 7) is 0. The number of aromatic carboxylic acids is 1. The Labute approximate surface area is 97.6 Å². The molecule has 0 unspecified atom stereocenters. The van der Waals surface area contributed by atoms with E-state index >= 15 is 0 Å². The van der Waals surface area contributed by atoms with Gasteiger partial charge >= 0.3 is 5.97 Å². The third kappa shape index (κ3) is 1.97. The van der Waals surface area contributed by atoms with E-state index in [4.69, 9.17) is 10.4 Å². The van der Waals surface area contributed by atoms with Crippen molar-refractivity contribution in [2.24, 2.45) is 0 Å². The number of halogens is 2. The fourth-order valence-corrected chi connectivity index (χ4v) is 1.97. The van der Waals surface area contributed by atoms with Crippen molar-refractivity contribution in [2.45, 2.75) is 5.33 Å². The van der Waals surface area contributed by atoms with Crippen molar-refractivity contribution in [1.29, 1.82) is 5.26 Å². The summed E-state index contributed by atoms with van der Waals surface area (Å²) in [5.74, 6) is -1.09. The van der Waals surface area contributed by atoms with Crippen LogP contribution in [0, 0.1) is 11.3 Å². The van der Waals surface area contributed by atoms with Gasteiger partial charge in [-0.15, -0.1) is 0 Å². The van der Waals surface area contributed by atoms with E-state index < -0.39 is 5.97 Å². The number of carboxylic acid groups (broad SMARTS) is 1. The second kappa shape index (κ2) is 4.58. The van der Waals surface area contributed by atoms with E-state index in [1.807, 2.05) is 6.07 Å². The lowest BCUT2D eigenvalue weighted by Crippen LogP contribution is -2.05. The van der Waals surface area contributed by atoms with Gasteiger partial charge in [0.2, 0.25) is 0 Å². The molecular formula is C9H5Br2NO2. The normalized spacial score (nSPS) is 9.50. The van der Waals surface area contributed by atoms with Crippen LogP contribution in [0.1, 0.15) is 21.5 Å². The zero-order valence-corrected chi connectivity index (χ0v) is 10.1. The van der Waals surface area contributed by atoms with Crippen molar-refractivity contribution in [3.63, 3.8) is 0 Å². The van der Waals surface area contributed by atoms with Crippen molar-refractivity contribution in [3.05, 3.63) is 33.3 Å². The Kier molecular flexibility index (Phi) is 3.67. The summed E-state index contributed by atoms with van der Waals surface area (Å²) in [6, 6.07) is 5.21. The van der Waals surface area contributed by atoms with E-state index in [1.54, 1.807) is 12.1 Å². The van der Waals surface area contributed by atoms with E-state index in [-0.39, 0.29) is 11.1 Å². The smallest absolute Gasteiger partial charge is 0.337 e. The molecule has 0 bridgehead atoms. The Morgan fingerprint density at radius 1 is 1.57 bits per heavy atom. The van der Waals surface area contributed by atoms with Crippen molar-refractivity contribution < 1.29 is 9.90 Å². The van der Waals surface area contributed by atoms with Crippen molar-refractivity contribution in [1.82, 2.24) is 0 Å². The Morgan fingerprint density at radius 2 is 2.21 bits per heavy atom. The molecule has 1 N–H and O–H groups in total. The zero-order chi connectivity index (χ0) is 10.7. The van der Waals surface area contributed by atoms with E-state index in [9.17, 15) is 4.79 Å². The second-order valence-electron chi connectivity index (χ2n) is 2.51. The summed E-state index contributed by atoms with van der Waals surface area (Å²) in [5.41, 5.74) is 0.811. The summed E-state index contributed by atoms with van der Waals surface area (Å²) >= 11 is 6.31. The number of carbonyl (C=O) groups is 1. The molecule has 0 radical (unpaired) electrons. The lowest BCUT2D eigenvalue weighted by molar-refractivity contribution is 0.0695. The Bertz CT molecular complexity index is 424. The molecule has 0 aromatic heterocycles. The summed E-state index contributed by atoms with van der Waals surface area (Å²) in [4.78, 5) is 10.9. The minimum atomic E-state index is -1.09. The average Bonchev–Trinajstić information content (AvgIpc) is 2.17.